The van der Waals surface area contributed by atoms with Crippen LogP contribution in [0.1, 0.15) is 18.1 Å². The summed E-state index contributed by atoms with van der Waals surface area (Å²) in [6.45, 7) is 2.59. The molecule has 2 rings (SSSR count). The van der Waals surface area contributed by atoms with E-state index in [1.165, 1.54) is 5.56 Å². The van der Waals surface area contributed by atoms with E-state index in [1.807, 2.05) is 18.2 Å². The van der Waals surface area contributed by atoms with E-state index >= 15 is 0 Å². The Kier molecular flexibility index (Phi) is 4.10. The highest BCUT2D eigenvalue weighted by atomic mass is 35.5. The number of benzene rings is 1. The summed E-state index contributed by atoms with van der Waals surface area (Å²) in [5.41, 5.74) is 2.35. The van der Waals surface area contributed by atoms with E-state index < -0.39 is 5.82 Å². The Hall–Kier alpha value is -1.68. The van der Waals surface area contributed by atoms with Gasteiger partial charge >= 0.3 is 0 Å². The van der Waals surface area contributed by atoms with Crippen LogP contribution < -0.4 is 5.32 Å². The second kappa shape index (κ2) is 5.78. The molecule has 0 saturated carbocycles. The average molecular weight is 266 g/mol. The van der Waals surface area contributed by atoms with Gasteiger partial charge < -0.3 is 5.32 Å². The number of nitrogens with one attached hydrogen (secondary N) is 1. The van der Waals surface area contributed by atoms with Crippen molar-refractivity contribution >= 4 is 17.4 Å². The van der Waals surface area contributed by atoms with Gasteiger partial charge in [0.05, 0.1) is 6.20 Å². The summed E-state index contributed by atoms with van der Waals surface area (Å²) in [5.74, 6) is -0.380. The SMILES string of the molecule is CCc1ccccc1CNc1nc(Cl)ncc1F. The minimum Gasteiger partial charge on any atom is -0.363 e. The zero-order valence-electron chi connectivity index (χ0n) is 9.95. The van der Waals surface area contributed by atoms with Gasteiger partial charge in [-0.3, -0.25) is 0 Å². The quantitative estimate of drug-likeness (QED) is 0.861. The molecule has 2 aromatic rings. The molecule has 0 aliphatic carbocycles. The van der Waals surface area contributed by atoms with Crippen molar-refractivity contribution in [3.63, 3.8) is 0 Å². The summed E-state index contributed by atoms with van der Waals surface area (Å²) >= 11 is 5.63. The molecule has 94 valence electrons. The van der Waals surface area contributed by atoms with Crippen LogP contribution in [0.25, 0.3) is 0 Å². The van der Waals surface area contributed by atoms with Crippen molar-refractivity contribution in [1.82, 2.24) is 9.97 Å². The molecular formula is C13H13ClFN3. The number of halogens is 2. The highest BCUT2D eigenvalue weighted by molar-refractivity contribution is 6.28. The van der Waals surface area contributed by atoms with E-state index in [-0.39, 0.29) is 11.1 Å². The van der Waals surface area contributed by atoms with Gasteiger partial charge in [-0.1, -0.05) is 31.2 Å². The van der Waals surface area contributed by atoms with Crippen LogP contribution in [0.4, 0.5) is 10.2 Å². The van der Waals surface area contributed by atoms with Gasteiger partial charge in [0.1, 0.15) is 0 Å². The van der Waals surface area contributed by atoms with Gasteiger partial charge in [0, 0.05) is 6.54 Å². The Bertz CT molecular complexity index is 546. The number of aryl methyl sites for hydroxylation is 1. The predicted octanol–water partition coefficient (Wildman–Crippen LogP) is 3.44. The molecule has 0 amide bonds. The molecule has 0 fully saturated rings. The van der Waals surface area contributed by atoms with E-state index in [0.717, 1.165) is 18.2 Å². The topological polar surface area (TPSA) is 37.8 Å². The van der Waals surface area contributed by atoms with Crippen molar-refractivity contribution < 1.29 is 4.39 Å². The van der Waals surface area contributed by atoms with Crippen molar-refractivity contribution in [2.75, 3.05) is 5.32 Å². The third-order valence-corrected chi connectivity index (χ3v) is 2.84. The molecule has 0 unspecified atom stereocenters. The second-order valence-corrected chi connectivity index (χ2v) is 4.15. The summed E-state index contributed by atoms with van der Waals surface area (Å²) in [4.78, 5) is 7.38. The van der Waals surface area contributed by atoms with Crippen LogP contribution >= 0.6 is 11.6 Å². The Morgan fingerprint density at radius 3 is 2.72 bits per heavy atom. The zero-order valence-corrected chi connectivity index (χ0v) is 10.7. The minimum absolute atomic E-state index is 0.0303. The van der Waals surface area contributed by atoms with Crippen LogP contribution in [-0.4, -0.2) is 9.97 Å². The van der Waals surface area contributed by atoms with Crippen molar-refractivity contribution in [2.24, 2.45) is 0 Å². The summed E-state index contributed by atoms with van der Waals surface area (Å²) < 4.78 is 13.4. The van der Waals surface area contributed by atoms with Crippen LogP contribution in [0.5, 0.6) is 0 Å². The fourth-order valence-corrected chi connectivity index (χ4v) is 1.86. The van der Waals surface area contributed by atoms with Crippen LogP contribution in [-0.2, 0) is 13.0 Å². The molecule has 1 heterocycles. The largest absolute Gasteiger partial charge is 0.363 e. The zero-order chi connectivity index (χ0) is 13.0. The molecule has 1 N–H and O–H groups in total. The number of aromatic nitrogens is 2. The molecule has 0 atom stereocenters. The predicted molar refractivity (Wildman–Crippen MR) is 70.1 cm³/mol. The number of rotatable bonds is 4. The molecule has 5 heteroatoms. The van der Waals surface area contributed by atoms with E-state index in [2.05, 4.69) is 28.3 Å². The average Bonchev–Trinajstić information content (AvgIpc) is 2.40. The van der Waals surface area contributed by atoms with Crippen molar-refractivity contribution in [3.05, 3.63) is 52.7 Å². The van der Waals surface area contributed by atoms with Crippen LogP contribution in [0.15, 0.2) is 30.5 Å². The maximum Gasteiger partial charge on any atom is 0.224 e. The van der Waals surface area contributed by atoms with Crippen LogP contribution in [0, 0.1) is 5.82 Å². The fourth-order valence-electron chi connectivity index (χ4n) is 1.72. The van der Waals surface area contributed by atoms with Gasteiger partial charge in [0.2, 0.25) is 5.28 Å². The first-order chi connectivity index (χ1) is 8.70. The van der Waals surface area contributed by atoms with Crippen LogP contribution in [0.2, 0.25) is 5.28 Å². The molecule has 3 nitrogen and oxygen atoms in total. The molecule has 1 aromatic heterocycles. The maximum atomic E-state index is 13.4. The Morgan fingerprint density at radius 2 is 2.00 bits per heavy atom. The first-order valence-electron chi connectivity index (χ1n) is 5.69. The monoisotopic (exact) mass is 265 g/mol. The molecule has 0 radical (unpaired) electrons. The molecule has 0 bridgehead atoms. The van der Waals surface area contributed by atoms with Crippen LogP contribution in [0.3, 0.4) is 0 Å². The highest BCUT2D eigenvalue weighted by Gasteiger charge is 2.06. The number of nitrogens with zero attached hydrogens (tertiary/aromatic N) is 2. The number of hydrogen-bond donors (Lipinski definition) is 1. The molecule has 0 aliphatic heterocycles. The first kappa shape index (κ1) is 12.8. The van der Waals surface area contributed by atoms with Gasteiger partial charge in [-0.15, -0.1) is 0 Å². The Labute approximate surface area is 110 Å². The number of hydrogen-bond acceptors (Lipinski definition) is 3. The van der Waals surface area contributed by atoms with Gasteiger partial charge in [-0.05, 0) is 29.1 Å². The van der Waals surface area contributed by atoms with E-state index in [1.54, 1.807) is 0 Å². The van der Waals surface area contributed by atoms with Gasteiger partial charge in [-0.2, -0.15) is 4.98 Å². The molecule has 0 spiro atoms. The number of anilines is 1. The van der Waals surface area contributed by atoms with Crippen molar-refractivity contribution in [2.45, 2.75) is 19.9 Å². The standard InChI is InChI=1S/C13H13ClFN3/c1-2-9-5-3-4-6-10(9)7-16-12-11(15)8-17-13(14)18-12/h3-6,8H,2,7H2,1H3,(H,16,17,18). The van der Waals surface area contributed by atoms with E-state index in [0.29, 0.717) is 6.54 Å². The maximum absolute atomic E-state index is 13.4. The smallest absolute Gasteiger partial charge is 0.224 e. The first-order valence-corrected chi connectivity index (χ1v) is 6.07. The molecule has 0 saturated heterocycles. The lowest BCUT2D eigenvalue weighted by Gasteiger charge is -2.10. The lowest BCUT2D eigenvalue weighted by atomic mass is 10.1. The third-order valence-electron chi connectivity index (χ3n) is 2.66. The summed E-state index contributed by atoms with van der Waals surface area (Å²) in [5, 5.41) is 2.96. The molecule has 18 heavy (non-hydrogen) atoms. The third kappa shape index (κ3) is 2.96. The van der Waals surface area contributed by atoms with Gasteiger partial charge in [-0.25, -0.2) is 9.37 Å². The van der Waals surface area contributed by atoms with Gasteiger partial charge in [0.15, 0.2) is 11.6 Å². The lowest BCUT2D eigenvalue weighted by molar-refractivity contribution is 0.616. The second-order valence-electron chi connectivity index (χ2n) is 3.81. The Balaban J connectivity index is 2.14. The molecule has 0 aliphatic rings. The summed E-state index contributed by atoms with van der Waals surface area (Å²) in [7, 11) is 0. The minimum atomic E-state index is -0.506. The summed E-state index contributed by atoms with van der Waals surface area (Å²) in [6, 6.07) is 8.01. The molecular weight excluding hydrogens is 253 g/mol. The van der Waals surface area contributed by atoms with Crippen molar-refractivity contribution in [3.8, 4) is 0 Å². The highest BCUT2D eigenvalue weighted by Crippen LogP contribution is 2.15. The van der Waals surface area contributed by atoms with Crippen molar-refractivity contribution in [1.29, 1.82) is 0 Å². The lowest BCUT2D eigenvalue weighted by Crippen LogP contribution is -2.06. The van der Waals surface area contributed by atoms with Gasteiger partial charge in [0.25, 0.3) is 0 Å². The normalized spacial score (nSPS) is 10.4. The molecule has 1 aromatic carbocycles. The van der Waals surface area contributed by atoms with E-state index in [4.69, 9.17) is 11.6 Å². The fraction of sp³-hybridized carbons (Fsp3) is 0.231. The summed E-state index contributed by atoms with van der Waals surface area (Å²) in [6.07, 6.45) is 1.99. The van der Waals surface area contributed by atoms with E-state index in [9.17, 15) is 4.39 Å². The Morgan fingerprint density at radius 1 is 1.28 bits per heavy atom.